The third-order valence-electron chi connectivity index (χ3n) is 3.81. The third-order valence-corrected chi connectivity index (χ3v) is 3.81. The second-order valence-electron chi connectivity index (χ2n) is 6.15. The van der Waals surface area contributed by atoms with Gasteiger partial charge in [-0.05, 0) is 25.2 Å². The maximum atomic E-state index is 12.1. The number of nitrogens with two attached hydrogens (primary N) is 1. The Morgan fingerprint density at radius 1 is 1.31 bits per heavy atom. The summed E-state index contributed by atoms with van der Waals surface area (Å²) in [5, 5.41) is 3.10. The molecule has 0 aromatic rings. The van der Waals surface area contributed by atoms with E-state index in [2.05, 4.69) is 33.0 Å². The van der Waals surface area contributed by atoms with Gasteiger partial charge in [0.15, 0.2) is 0 Å². The summed E-state index contributed by atoms with van der Waals surface area (Å²) in [5.74, 6) is 0.174. The van der Waals surface area contributed by atoms with E-state index in [9.17, 15) is 4.79 Å². The highest BCUT2D eigenvalue weighted by atomic mass is 16.2. The van der Waals surface area contributed by atoms with E-state index in [0.29, 0.717) is 0 Å². The van der Waals surface area contributed by atoms with E-state index in [0.717, 1.165) is 19.3 Å². The maximum absolute atomic E-state index is 12.1. The van der Waals surface area contributed by atoms with Crippen LogP contribution >= 0.6 is 0 Å². The Balaban J connectivity index is 2.51. The average molecular weight is 226 g/mol. The van der Waals surface area contributed by atoms with Crippen molar-refractivity contribution in [3.05, 3.63) is 0 Å². The minimum atomic E-state index is 0.0264. The molecule has 0 aromatic heterocycles. The van der Waals surface area contributed by atoms with Gasteiger partial charge < -0.3 is 11.1 Å². The predicted molar refractivity (Wildman–Crippen MR) is 67.0 cm³/mol. The molecule has 16 heavy (non-hydrogen) atoms. The molecule has 1 saturated carbocycles. The van der Waals surface area contributed by atoms with E-state index in [4.69, 9.17) is 5.73 Å². The normalized spacial score (nSPS) is 28.6. The molecule has 3 atom stereocenters. The van der Waals surface area contributed by atoms with Crippen molar-refractivity contribution in [1.29, 1.82) is 0 Å². The summed E-state index contributed by atoms with van der Waals surface area (Å²) in [4.78, 5) is 12.1. The topological polar surface area (TPSA) is 55.1 Å². The van der Waals surface area contributed by atoms with Crippen molar-refractivity contribution in [3.63, 3.8) is 0 Å². The highest BCUT2D eigenvalue weighted by Gasteiger charge is 2.30. The quantitative estimate of drug-likeness (QED) is 0.757. The maximum Gasteiger partial charge on any atom is 0.224 e. The molecule has 0 aromatic carbocycles. The zero-order valence-corrected chi connectivity index (χ0v) is 11.0. The van der Waals surface area contributed by atoms with Gasteiger partial charge >= 0.3 is 0 Å². The minimum absolute atomic E-state index is 0.0264. The molecule has 3 nitrogen and oxygen atoms in total. The monoisotopic (exact) mass is 226 g/mol. The van der Waals surface area contributed by atoms with Crippen LogP contribution in [0.5, 0.6) is 0 Å². The molecule has 3 unspecified atom stereocenters. The molecule has 0 aliphatic heterocycles. The molecule has 1 aliphatic rings. The fourth-order valence-electron chi connectivity index (χ4n) is 2.02. The SMILES string of the molecule is CC(NC(=O)C1CCCCC1N)C(C)(C)C. The van der Waals surface area contributed by atoms with Crippen molar-refractivity contribution in [2.75, 3.05) is 0 Å². The van der Waals surface area contributed by atoms with Crippen LogP contribution in [0, 0.1) is 11.3 Å². The van der Waals surface area contributed by atoms with Gasteiger partial charge in [0.1, 0.15) is 0 Å². The largest absolute Gasteiger partial charge is 0.353 e. The van der Waals surface area contributed by atoms with Crippen molar-refractivity contribution in [2.24, 2.45) is 17.1 Å². The van der Waals surface area contributed by atoms with Gasteiger partial charge in [-0.3, -0.25) is 4.79 Å². The minimum Gasteiger partial charge on any atom is -0.353 e. The van der Waals surface area contributed by atoms with Gasteiger partial charge in [-0.2, -0.15) is 0 Å². The first-order valence-corrected chi connectivity index (χ1v) is 6.38. The van der Waals surface area contributed by atoms with Crippen LogP contribution in [0.2, 0.25) is 0 Å². The highest BCUT2D eigenvalue weighted by molar-refractivity contribution is 5.79. The lowest BCUT2D eigenvalue weighted by Crippen LogP contribution is -2.49. The second kappa shape index (κ2) is 5.17. The molecule has 1 rings (SSSR count). The van der Waals surface area contributed by atoms with E-state index in [1.54, 1.807) is 0 Å². The number of hydrogen-bond acceptors (Lipinski definition) is 2. The van der Waals surface area contributed by atoms with Gasteiger partial charge in [0, 0.05) is 12.1 Å². The van der Waals surface area contributed by atoms with E-state index < -0.39 is 0 Å². The fraction of sp³-hybridized carbons (Fsp3) is 0.923. The van der Waals surface area contributed by atoms with Crippen LogP contribution in [0.15, 0.2) is 0 Å². The Morgan fingerprint density at radius 2 is 1.88 bits per heavy atom. The summed E-state index contributed by atoms with van der Waals surface area (Å²) in [6.45, 7) is 8.47. The molecule has 1 amide bonds. The molecule has 94 valence electrons. The van der Waals surface area contributed by atoms with Gasteiger partial charge in [0.2, 0.25) is 5.91 Å². The molecular weight excluding hydrogens is 200 g/mol. The van der Waals surface area contributed by atoms with Crippen LogP contribution in [0.1, 0.15) is 53.4 Å². The Bertz CT molecular complexity index is 245. The van der Waals surface area contributed by atoms with Crippen LogP contribution in [0.4, 0.5) is 0 Å². The number of carbonyl (C=O) groups is 1. The molecule has 3 N–H and O–H groups in total. The van der Waals surface area contributed by atoms with Crippen molar-refractivity contribution < 1.29 is 4.79 Å². The van der Waals surface area contributed by atoms with Crippen LogP contribution in [0.25, 0.3) is 0 Å². The first-order valence-electron chi connectivity index (χ1n) is 6.38. The number of rotatable bonds is 2. The van der Waals surface area contributed by atoms with Crippen LogP contribution in [-0.2, 0) is 4.79 Å². The zero-order chi connectivity index (χ0) is 12.3. The summed E-state index contributed by atoms with van der Waals surface area (Å²) < 4.78 is 0. The first-order chi connectivity index (χ1) is 7.32. The molecule has 0 spiro atoms. The summed E-state index contributed by atoms with van der Waals surface area (Å²) in [6, 6.07) is 0.245. The van der Waals surface area contributed by atoms with Crippen molar-refractivity contribution in [1.82, 2.24) is 5.32 Å². The summed E-state index contributed by atoms with van der Waals surface area (Å²) in [7, 11) is 0. The molecular formula is C13H26N2O. The lowest BCUT2D eigenvalue weighted by atomic mass is 9.83. The number of carbonyl (C=O) groups excluding carboxylic acids is 1. The summed E-state index contributed by atoms with van der Waals surface area (Å²) in [6.07, 6.45) is 4.24. The van der Waals surface area contributed by atoms with Crippen molar-refractivity contribution in [2.45, 2.75) is 65.5 Å². The first kappa shape index (κ1) is 13.5. The Kier molecular flexibility index (Phi) is 4.36. The Hall–Kier alpha value is -0.570. The highest BCUT2D eigenvalue weighted by Crippen LogP contribution is 2.24. The summed E-state index contributed by atoms with van der Waals surface area (Å²) in [5.41, 5.74) is 6.11. The number of amides is 1. The molecule has 3 heteroatoms. The molecule has 0 heterocycles. The summed E-state index contributed by atoms with van der Waals surface area (Å²) >= 11 is 0. The lowest BCUT2D eigenvalue weighted by Gasteiger charge is -2.33. The van der Waals surface area contributed by atoms with Crippen LogP contribution in [0.3, 0.4) is 0 Å². The van der Waals surface area contributed by atoms with E-state index >= 15 is 0 Å². The van der Waals surface area contributed by atoms with Crippen molar-refractivity contribution in [3.8, 4) is 0 Å². The Morgan fingerprint density at radius 3 is 2.38 bits per heavy atom. The predicted octanol–water partition coefficient (Wildman–Crippen LogP) is 2.05. The fourth-order valence-corrected chi connectivity index (χ4v) is 2.02. The standard InChI is InChI=1S/C13H26N2O/c1-9(13(2,3)4)15-12(16)10-7-5-6-8-11(10)14/h9-11H,5-8,14H2,1-4H3,(H,15,16). The second-order valence-corrected chi connectivity index (χ2v) is 6.15. The molecule has 0 saturated heterocycles. The van der Waals surface area contributed by atoms with Crippen LogP contribution in [-0.4, -0.2) is 18.0 Å². The van der Waals surface area contributed by atoms with E-state index in [-0.39, 0.29) is 29.3 Å². The molecule has 1 aliphatic carbocycles. The smallest absolute Gasteiger partial charge is 0.224 e. The molecule has 1 fully saturated rings. The van der Waals surface area contributed by atoms with Gasteiger partial charge in [-0.15, -0.1) is 0 Å². The lowest BCUT2D eigenvalue weighted by molar-refractivity contribution is -0.127. The van der Waals surface area contributed by atoms with Gasteiger partial charge in [-0.25, -0.2) is 0 Å². The molecule has 0 radical (unpaired) electrons. The number of nitrogens with one attached hydrogen (secondary N) is 1. The molecule has 0 bridgehead atoms. The number of hydrogen-bond donors (Lipinski definition) is 2. The zero-order valence-electron chi connectivity index (χ0n) is 11.0. The van der Waals surface area contributed by atoms with Gasteiger partial charge in [0.25, 0.3) is 0 Å². The van der Waals surface area contributed by atoms with E-state index in [1.807, 2.05) is 0 Å². The van der Waals surface area contributed by atoms with Gasteiger partial charge in [0.05, 0.1) is 5.92 Å². The Labute approximate surface area is 99.2 Å². The van der Waals surface area contributed by atoms with E-state index in [1.165, 1.54) is 6.42 Å². The van der Waals surface area contributed by atoms with Crippen LogP contribution < -0.4 is 11.1 Å². The average Bonchev–Trinajstić information content (AvgIpc) is 2.16. The van der Waals surface area contributed by atoms with Crippen molar-refractivity contribution >= 4 is 5.91 Å². The van der Waals surface area contributed by atoms with Gasteiger partial charge in [-0.1, -0.05) is 33.6 Å². The third kappa shape index (κ3) is 3.48.